The van der Waals surface area contributed by atoms with E-state index < -0.39 is 32.6 Å². The highest BCUT2D eigenvalue weighted by Gasteiger charge is 2.34. The average molecular weight is 359 g/mol. The number of halogens is 3. The van der Waals surface area contributed by atoms with Gasteiger partial charge in [-0.1, -0.05) is 12.1 Å². The summed E-state index contributed by atoms with van der Waals surface area (Å²) in [5.74, 6) is -0.567. The molecule has 22 heavy (non-hydrogen) atoms. The standard InChI is InChI=1S/C12H16F3NO4S2/c1-11(17,8-21-2)7-16-22(18,19)10-6-4-3-5-9(10)20-12(13,14)15/h3-6,16-17H,7-8H2,1-2H3. The molecule has 1 aromatic rings. The summed E-state index contributed by atoms with van der Waals surface area (Å²) in [5.41, 5.74) is -1.33. The van der Waals surface area contributed by atoms with E-state index in [1.807, 2.05) is 0 Å². The van der Waals surface area contributed by atoms with Gasteiger partial charge in [0, 0.05) is 12.3 Å². The van der Waals surface area contributed by atoms with Gasteiger partial charge in [0.05, 0.1) is 5.60 Å². The molecule has 0 saturated heterocycles. The lowest BCUT2D eigenvalue weighted by atomic mass is 10.1. The van der Waals surface area contributed by atoms with Crippen molar-refractivity contribution in [2.45, 2.75) is 23.8 Å². The minimum Gasteiger partial charge on any atom is -0.404 e. The van der Waals surface area contributed by atoms with Crippen LogP contribution in [0.2, 0.25) is 0 Å². The SMILES string of the molecule is CSCC(C)(O)CNS(=O)(=O)c1ccccc1OC(F)(F)F. The van der Waals surface area contributed by atoms with Gasteiger partial charge in [-0.05, 0) is 25.3 Å². The van der Waals surface area contributed by atoms with E-state index in [0.717, 1.165) is 12.1 Å². The van der Waals surface area contributed by atoms with Crippen LogP contribution in [0, 0.1) is 0 Å². The fraction of sp³-hybridized carbons (Fsp3) is 0.500. The van der Waals surface area contributed by atoms with E-state index >= 15 is 0 Å². The molecule has 0 radical (unpaired) electrons. The molecule has 0 aromatic heterocycles. The highest BCUT2D eigenvalue weighted by Crippen LogP contribution is 2.29. The van der Waals surface area contributed by atoms with Crippen LogP contribution in [0.25, 0.3) is 0 Å². The summed E-state index contributed by atoms with van der Waals surface area (Å²) in [6, 6.07) is 4.40. The van der Waals surface area contributed by atoms with E-state index in [1.165, 1.54) is 30.8 Å². The fourth-order valence-electron chi connectivity index (χ4n) is 1.57. The van der Waals surface area contributed by atoms with Crippen LogP contribution in [-0.4, -0.2) is 44.0 Å². The Morgan fingerprint density at radius 2 is 1.91 bits per heavy atom. The number of ether oxygens (including phenoxy) is 1. The van der Waals surface area contributed by atoms with Gasteiger partial charge in [-0.25, -0.2) is 13.1 Å². The molecule has 1 atom stereocenters. The Kier molecular flexibility index (Phi) is 6.13. The van der Waals surface area contributed by atoms with Crippen molar-refractivity contribution in [2.75, 3.05) is 18.6 Å². The minimum atomic E-state index is -5.00. The molecule has 0 fully saturated rings. The Bertz CT molecular complexity index is 603. The monoisotopic (exact) mass is 359 g/mol. The summed E-state index contributed by atoms with van der Waals surface area (Å²) in [7, 11) is -4.26. The minimum absolute atomic E-state index is 0.260. The fourth-order valence-corrected chi connectivity index (χ4v) is 3.58. The zero-order valence-corrected chi connectivity index (χ0v) is 13.5. The third-order valence-electron chi connectivity index (χ3n) is 2.46. The zero-order chi connectivity index (χ0) is 17.0. The first-order valence-corrected chi connectivity index (χ1v) is 8.90. The molecule has 1 unspecified atom stereocenters. The summed E-state index contributed by atoms with van der Waals surface area (Å²) in [6.45, 7) is 1.08. The second kappa shape index (κ2) is 7.07. The molecule has 0 spiro atoms. The lowest BCUT2D eigenvalue weighted by Gasteiger charge is -2.23. The second-order valence-corrected chi connectivity index (χ2v) is 7.35. The lowest BCUT2D eigenvalue weighted by molar-refractivity contribution is -0.275. The van der Waals surface area contributed by atoms with Gasteiger partial charge >= 0.3 is 6.36 Å². The molecule has 0 heterocycles. The normalized spacial score (nSPS) is 15.4. The second-order valence-electron chi connectivity index (χ2n) is 4.75. The Labute approximate surface area is 130 Å². The van der Waals surface area contributed by atoms with Gasteiger partial charge in [0.2, 0.25) is 10.0 Å². The molecule has 5 nitrogen and oxygen atoms in total. The number of benzene rings is 1. The summed E-state index contributed by atoms with van der Waals surface area (Å²) in [6.07, 6.45) is -3.27. The van der Waals surface area contributed by atoms with Crippen molar-refractivity contribution in [1.82, 2.24) is 4.72 Å². The maximum absolute atomic E-state index is 12.3. The van der Waals surface area contributed by atoms with Crippen molar-refractivity contribution in [1.29, 1.82) is 0 Å². The summed E-state index contributed by atoms with van der Waals surface area (Å²) in [5, 5.41) is 9.92. The Hall–Kier alpha value is -0.970. The molecule has 0 aliphatic heterocycles. The molecule has 0 amide bonds. The number of hydrogen-bond acceptors (Lipinski definition) is 5. The van der Waals surface area contributed by atoms with Gasteiger partial charge in [0.1, 0.15) is 10.6 Å². The molecule has 0 aliphatic rings. The van der Waals surface area contributed by atoms with E-state index in [4.69, 9.17) is 0 Å². The first-order chi connectivity index (χ1) is 9.97. The molecule has 2 N–H and O–H groups in total. The first-order valence-electron chi connectivity index (χ1n) is 6.03. The third kappa shape index (κ3) is 6.03. The van der Waals surface area contributed by atoms with Crippen molar-refractivity contribution >= 4 is 21.8 Å². The van der Waals surface area contributed by atoms with Crippen molar-refractivity contribution in [3.05, 3.63) is 24.3 Å². The number of aliphatic hydroxyl groups is 1. The molecule has 1 aromatic carbocycles. The highest BCUT2D eigenvalue weighted by molar-refractivity contribution is 7.98. The van der Waals surface area contributed by atoms with Crippen molar-refractivity contribution in [3.8, 4) is 5.75 Å². The van der Waals surface area contributed by atoms with Crippen LogP contribution in [0.4, 0.5) is 13.2 Å². The Morgan fingerprint density at radius 1 is 1.32 bits per heavy atom. The van der Waals surface area contributed by atoms with Crippen LogP contribution < -0.4 is 9.46 Å². The molecule has 0 aliphatic carbocycles. The predicted octanol–water partition coefficient (Wildman–Crippen LogP) is 1.98. The van der Waals surface area contributed by atoms with E-state index in [0.29, 0.717) is 0 Å². The van der Waals surface area contributed by atoms with Gasteiger partial charge in [0.25, 0.3) is 0 Å². The number of nitrogens with one attached hydrogen (secondary N) is 1. The van der Waals surface area contributed by atoms with Crippen LogP contribution in [-0.2, 0) is 10.0 Å². The Balaban J connectivity index is 2.99. The molecule has 0 bridgehead atoms. The molecule has 126 valence electrons. The van der Waals surface area contributed by atoms with E-state index in [1.54, 1.807) is 6.26 Å². The summed E-state index contributed by atoms with van der Waals surface area (Å²) in [4.78, 5) is -0.646. The Morgan fingerprint density at radius 3 is 2.45 bits per heavy atom. The van der Waals surface area contributed by atoms with Crippen molar-refractivity contribution in [3.63, 3.8) is 0 Å². The maximum Gasteiger partial charge on any atom is 0.573 e. The number of rotatable bonds is 7. The molecular formula is C12H16F3NO4S2. The van der Waals surface area contributed by atoms with Gasteiger partial charge in [-0.2, -0.15) is 11.8 Å². The van der Waals surface area contributed by atoms with E-state index in [-0.39, 0.29) is 12.3 Å². The number of hydrogen-bond donors (Lipinski definition) is 2. The van der Waals surface area contributed by atoms with Crippen molar-refractivity contribution < 1.29 is 31.4 Å². The molecule has 0 saturated carbocycles. The topological polar surface area (TPSA) is 75.6 Å². The number of alkyl halides is 3. The van der Waals surface area contributed by atoms with Gasteiger partial charge < -0.3 is 9.84 Å². The third-order valence-corrected chi connectivity index (χ3v) is 4.81. The van der Waals surface area contributed by atoms with Crippen LogP contribution in [0.1, 0.15) is 6.92 Å². The van der Waals surface area contributed by atoms with Crippen LogP contribution in [0.3, 0.4) is 0 Å². The first kappa shape index (κ1) is 19.1. The molecule has 10 heteroatoms. The number of para-hydroxylation sites is 1. The van der Waals surface area contributed by atoms with Crippen LogP contribution >= 0.6 is 11.8 Å². The molecule has 1 rings (SSSR count). The van der Waals surface area contributed by atoms with E-state index in [9.17, 15) is 26.7 Å². The van der Waals surface area contributed by atoms with Crippen LogP contribution in [0.15, 0.2) is 29.2 Å². The predicted molar refractivity (Wildman–Crippen MR) is 77.3 cm³/mol. The summed E-state index contributed by atoms with van der Waals surface area (Å²) >= 11 is 1.31. The van der Waals surface area contributed by atoms with Gasteiger partial charge in [-0.3, -0.25) is 0 Å². The molecular weight excluding hydrogens is 343 g/mol. The van der Waals surface area contributed by atoms with Crippen molar-refractivity contribution in [2.24, 2.45) is 0 Å². The summed E-state index contributed by atoms with van der Waals surface area (Å²) < 4.78 is 66.9. The highest BCUT2D eigenvalue weighted by atomic mass is 32.2. The largest absolute Gasteiger partial charge is 0.573 e. The average Bonchev–Trinajstić information content (AvgIpc) is 2.35. The number of thioether (sulfide) groups is 1. The van der Waals surface area contributed by atoms with Crippen LogP contribution in [0.5, 0.6) is 5.75 Å². The number of sulfonamides is 1. The lowest BCUT2D eigenvalue weighted by Crippen LogP contribution is -2.42. The quantitative estimate of drug-likeness (QED) is 0.779. The van der Waals surface area contributed by atoms with E-state index in [2.05, 4.69) is 9.46 Å². The zero-order valence-electron chi connectivity index (χ0n) is 11.8. The van der Waals surface area contributed by atoms with Gasteiger partial charge in [0.15, 0.2) is 0 Å². The maximum atomic E-state index is 12.3. The smallest absolute Gasteiger partial charge is 0.404 e. The van der Waals surface area contributed by atoms with Gasteiger partial charge in [-0.15, -0.1) is 13.2 Å².